The van der Waals surface area contributed by atoms with Crippen molar-refractivity contribution in [2.24, 2.45) is 28.6 Å². The van der Waals surface area contributed by atoms with Gasteiger partial charge in [0, 0.05) is 18.6 Å². The number of hydrogen-bond acceptors (Lipinski definition) is 5. The standard InChI is InChI=1S/C35H57N5O5/c1-8-16-35(17-11-10-12-18-35)39-32(45)38-28(33(3,4)5)31(44)40-21-23-25(34(23,6)7)26(40)29(42)37-24(20-22-14-13-15-22)27(41)30(43)36-19-9-2/h9,22-26,28H,2,8,10-21H2,1,3-7H3,(H,36,43)(H,37,42)(H2,38,39,45)/t23?,24?,25-,26-,28+/m0/s1. The van der Waals surface area contributed by atoms with Crippen molar-refractivity contribution in [3.05, 3.63) is 12.7 Å². The van der Waals surface area contributed by atoms with Crippen molar-refractivity contribution in [2.75, 3.05) is 13.1 Å². The number of likely N-dealkylation sites (tertiary alicyclic amines) is 1. The maximum Gasteiger partial charge on any atom is 0.315 e. The smallest absolute Gasteiger partial charge is 0.315 e. The molecule has 0 bridgehead atoms. The Morgan fingerprint density at radius 1 is 1.00 bits per heavy atom. The van der Waals surface area contributed by atoms with Crippen LogP contribution >= 0.6 is 0 Å². The van der Waals surface area contributed by atoms with E-state index in [4.69, 9.17) is 0 Å². The highest BCUT2D eigenvalue weighted by molar-refractivity contribution is 6.38. The molecular formula is C35H57N5O5. The van der Waals surface area contributed by atoms with Crippen LogP contribution in [0.3, 0.4) is 0 Å². The molecule has 0 aromatic rings. The molecule has 4 fully saturated rings. The zero-order valence-electron chi connectivity index (χ0n) is 28.4. The lowest BCUT2D eigenvalue weighted by Crippen LogP contribution is -2.63. The molecule has 5 amide bonds. The SMILES string of the molecule is C=CCNC(=O)C(=O)C(CC1CCC1)NC(=O)[C@@H]1[C@@H]2C(CN1C(=O)[C@@H](NC(=O)NC1(CCC)CCCCC1)C(C)(C)C)C2(C)C. The lowest BCUT2D eigenvalue weighted by molar-refractivity contribution is -0.145. The maximum atomic E-state index is 14.4. The molecule has 0 spiro atoms. The van der Waals surface area contributed by atoms with Gasteiger partial charge in [0.1, 0.15) is 12.1 Å². The summed E-state index contributed by atoms with van der Waals surface area (Å²) < 4.78 is 0. The maximum absolute atomic E-state index is 14.4. The zero-order valence-corrected chi connectivity index (χ0v) is 28.4. The van der Waals surface area contributed by atoms with E-state index in [2.05, 4.69) is 48.6 Å². The third-order valence-electron chi connectivity index (χ3n) is 11.1. The highest BCUT2D eigenvalue weighted by Crippen LogP contribution is 2.65. The summed E-state index contributed by atoms with van der Waals surface area (Å²) in [6.07, 6.45) is 11.9. The molecule has 4 rings (SSSR count). The van der Waals surface area contributed by atoms with Gasteiger partial charge < -0.3 is 26.2 Å². The number of hydrogen-bond donors (Lipinski definition) is 4. The molecule has 0 aromatic carbocycles. The molecule has 3 saturated carbocycles. The number of rotatable bonds is 13. The molecule has 4 N–H and O–H groups in total. The molecule has 3 aliphatic carbocycles. The Morgan fingerprint density at radius 2 is 1.67 bits per heavy atom. The predicted octanol–water partition coefficient (Wildman–Crippen LogP) is 4.23. The fraction of sp³-hybridized carbons (Fsp3) is 0.800. The van der Waals surface area contributed by atoms with Crippen LogP contribution in [-0.2, 0) is 19.2 Å². The fourth-order valence-electron chi connectivity index (χ4n) is 8.14. The van der Waals surface area contributed by atoms with E-state index in [1.165, 1.54) is 12.5 Å². The van der Waals surface area contributed by atoms with Gasteiger partial charge in [0.05, 0.1) is 6.04 Å². The summed E-state index contributed by atoms with van der Waals surface area (Å²) in [4.78, 5) is 69.4. The van der Waals surface area contributed by atoms with Gasteiger partial charge in [0.15, 0.2) is 0 Å². The Kier molecular flexibility index (Phi) is 10.7. The molecule has 45 heavy (non-hydrogen) atoms. The van der Waals surface area contributed by atoms with Crippen LogP contribution in [0.15, 0.2) is 12.7 Å². The van der Waals surface area contributed by atoms with Crippen molar-refractivity contribution in [1.82, 2.24) is 26.2 Å². The summed E-state index contributed by atoms with van der Waals surface area (Å²) in [7, 11) is 0. The Labute approximate surface area is 269 Å². The van der Waals surface area contributed by atoms with Crippen LogP contribution in [0.25, 0.3) is 0 Å². The van der Waals surface area contributed by atoms with Gasteiger partial charge in [0.2, 0.25) is 17.6 Å². The van der Waals surface area contributed by atoms with Crippen LogP contribution in [0.1, 0.15) is 112 Å². The van der Waals surface area contributed by atoms with Crippen molar-refractivity contribution in [3.8, 4) is 0 Å². The van der Waals surface area contributed by atoms with Gasteiger partial charge in [-0.15, -0.1) is 6.58 Å². The van der Waals surface area contributed by atoms with E-state index in [1.807, 2.05) is 20.8 Å². The summed E-state index contributed by atoms with van der Waals surface area (Å²) >= 11 is 0. The molecule has 0 aromatic heterocycles. The second-order valence-corrected chi connectivity index (χ2v) is 15.8. The average molecular weight is 628 g/mol. The Bertz CT molecular complexity index is 1140. The first-order valence-electron chi connectivity index (χ1n) is 17.3. The van der Waals surface area contributed by atoms with E-state index in [9.17, 15) is 24.0 Å². The molecule has 1 heterocycles. The number of fused-ring (bicyclic) bond motifs is 1. The third kappa shape index (κ3) is 7.74. The molecule has 0 radical (unpaired) electrons. The molecule has 5 atom stereocenters. The van der Waals surface area contributed by atoms with Crippen LogP contribution in [0.2, 0.25) is 0 Å². The quantitative estimate of drug-likeness (QED) is 0.179. The normalized spacial score (nSPS) is 26.4. The number of nitrogens with zero attached hydrogens (tertiary/aromatic N) is 1. The van der Waals surface area contributed by atoms with Crippen molar-refractivity contribution in [2.45, 2.75) is 136 Å². The minimum atomic E-state index is -0.960. The first-order valence-corrected chi connectivity index (χ1v) is 17.3. The number of nitrogens with one attached hydrogen (secondary N) is 4. The van der Waals surface area contributed by atoms with Crippen LogP contribution in [0, 0.1) is 28.6 Å². The molecule has 10 heteroatoms. The number of carbonyl (C=O) groups excluding carboxylic acids is 5. The highest BCUT2D eigenvalue weighted by Gasteiger charge is 2.70. The Balaban J connectivity index is 1.53. The van der Waals surface area contributed by atoms with E-state index < -0.39 is 41.1 Å². The number of piperidine rings is 1. The van der Waals surface area contributed by atoms with Crippen LogP contribution in [0.5, 0.6) is 0 Å². The predicted molar refractivity (Wildman–Crippen MR) is 174 cm³/mol. The molecular weight excluding hydrogens is 570 g/mol. The number of carbonyl (C=O) groups is 5. The summed E-state index contributed by atoms with van der Waals surface area (Å²) in [5, 5.41) is 11.7. The van der Waals surface area contributed by atoms with Gasteiger partial charge in [-0.05, 0) is 54.3 Å². The number of ketones is 1. The molecule has 2 unspecified atom stereocenters. The largest absolute Gasteiger partial charge is 0.346 e. The summed E-state index contributed by atoms with van der Waals surface area (Å²) in [5.74, 6) is -1.78. The van der Waals surface area contributed by atoms with Crippen molar-refractivity contribution >= 4 is 29.5 Å². The van der Waals surface area contributed by atoms with Crippen molar-refractivity contribution < 1.29 is 24.0 Å². The van der Waals surface area contributed by atoms with Gasteiger partial charge in [-0.25, -0.2) is 4.79 Å². The van der Waals surface area contributed by atoms with E-state index in [1.54, 1.807) is 4.90 Å². The van der Waals surface area contributed by atoms with Gasteiger partial charge in [0.25, 0.3) is 5.91 Å². The third-order valence-corrected chi connectivity index (χ3v) is 11.1. The number of Topliss-reactive ketones (excluding diaryl/α,β-unsaturated/α-hetero) is 1. The lowest BCUT2D eigenvalue weighted by atomic mass is 9.78. The highest BCUT2D eigenvalue weighted by atomic mass is 16.2. The lowest BCUT2D eigenvalue weighted by Gasteiger charge is -2.41. The second kappa shape index (κ2) is 13.8. The van der Waals surface area contributed by atoms with Crippen molar-refractivity contribution in [3.63, 3.8) is 0 Å². The minimum absolute atomic E-state index is 0.0694. The average Bonchev–Trinajstić information content (AvgIpc) is 3.27. The fourth-order valence-corrected chi connectivity index (χ4v) is 8.14. The van der Waals surface area contributed by atoms with Gasteiger partial charge in [-0.1, -0.05) is 92.6 Å². The van der Waals surface area contributed by atoms with E-state index in [0.717, 1.165) is 57.8 Å². The van der Waals surface area contributed by atoms with Crippen LogP contribution in [-0.4, -0.2) is 71.2 Å². The molecule has 1 saturated heterocycles. The number of urea groups is 1. The minimum Gasteiger partial charge on any atom is -0.346 e. The second-order valence-electron chi connectivity index (χ2n) is 15.8. The van der Waals surface area contributed by atoms with Gasteiger partial charge in [-0.3, -0.25) is 19.2 Å². The zero-order chi connectivity index (χ0) is 33.2. The summed E-state index contributed by atoms with van der Waals surface area (Å²) in [6, 6.07) is -2.95. The van der Waals surface area contributed by atoms with E-state index in [0.29, 0.717) is 13.0 Å². The van der Waals surface area contributed by atoms with Crippen molar-refractivity contribution in [1.29, 1.82) is 0 Å². The van der Waals surface area contributed by atoms with E-state index >= 15 is 0 Å². The first-order chi connectivity index (χ1) is 21.1. The Hall–Kier alpha value is -2.91. The summed E-state index contributed by atoms with van der Waals surface area (Å²) in [5.41, 5.74) is -1.01. The monoisotopic (exact) mass is 627 g/mol. The van der Waals surface area contributed by atoms with Gasteiger partial charge >= 0.3 is 6.03 Å². The number of amides is 5. The Morgan fingerprint density at radius 3 is 2.22 bits per heavy atom. The summed E-state index contributed by atoms with van der Waals surface area (Å²) in [6.45, 7) is 16.2. The molecule has 1 aliphatic heterocycles. The molecule has 4 aliphatic rings. The molecule has 10 nitrogen and oxygen atoms in total. The first kappa shape index (κ1) is 35.0. The molecule has 252 valence electrons. The van der Waals surface area contributed by atoms with Gasteiger partial charge in [-0.2, -0.15) is 0 Å². The van der Waals surface area contributed by atoms with E-state index in [-0.39, 0.29) is 47.2 Å². The van der Waals surface area contributed by atoms with Crippen LogP contribution < -0.4 is 21.3 Å². The topological polar surface area (TPSA) is 137 Å². The van der Waals surface area contributed by atoms with Crippen LogP contribution in [0.4, 0.5) is 4.79 Å².